The van der Waals surface area contributed by atoms with Crippen molar-refractivity contribution in [2.75, 3.05) is 30.4 Å². The quantitative estimate of drug-likeness (QED) is 0.726. The number of likely N-dealkylation sites (N-methyl/N-ethyl adjacent to an activating group) is 1. The highest BCUT2D eigenvalue weighted by molar-refractivity contribution is 7.91. The third kappa shape index (κ3) is 4.30. The molecule has 140 valence electrons. The molecular weight excluding hydrogens is 366 g/mol. The van der Waals surface area contributed by atoms with Crippen LogP contribution in [0.3, 0.4) is 0 Å². The van der Waals surface area contributed by atoms with Gasteiger partial charge in [-0.3, -0.25) is 4.79 Å². The van der Waals surface area contributed by atoms with E-state index in [0.29, 0.717) is 29.2 Å². The number of nitrogens with zero attached hydrogens (tertiary/aromatic N) is 2. The van der Waals surface area contributed by atoms with Crippen LogP contribution < -0.4 is 5.32 Å². The predicted molar refractivity (Wildman–Crippen MR) is 95.7 cm³/mol. The van der Waals surface area contributed by atoms with E-state index in [4.69, 9.17) is 4.74 Å². The monoisotopic (exact) mass is 389 g/mol. The summed E-state index contributed by atoms with van der Waals surface area (Å²) in [5, 5.41) is 3.46. The van der Waals surface area contributed by atoms with Gasteiger partial charge in [0.25, 0.3) is 5.91 Å². The van der Waals surface area contributed by atoms with Crippen LogP contribution in [0.15, 0.2) is 0 Å². The van der Waals surface area contributed by atoms with Crippen LogP contribution in [0.25, 0.3) is 0 Å². The smallest absolute Gasteiger partial charge is 0.343 e. The molecule has 8 nitrogen and oxygen atoms in total. The molecule has 0 spiro atoms. The molecule has 1 aliphatic rings. The Morgan fingerprint density at radius 1 is 1.48 bits per heavy atom. The summed E-state index contributed by atoms with van der Waals surface area (Å²) in [6.07, 6.45) is -0.584. The van der Waals surface area contributed by atoms with Crippen molar-refractivity contribution in [2.24, 2.45) is 0 Å². The van der Waals surface area contributed by atoms with Gasteiger partial charge in [0.2, 0.25) is 0 Å². The number of rotatable bonds is 6. The normalized spacial score (nSPS) is 20.1. The summed E-state index contributed by atoms with van der Waals surface area (Å²) in [4.78, 5) is 26.5. The zero-order chi connectivity index (χ0) is 18.8. The van der Waals surface area contributed by atoms with Crippen LogP contribution in [0, 0.1) is 6.92 Å². The second kappa shape index (κ2) is 7.69. The Labute approximate surface area is 151 Å². The van der Waals surface area contributed by atoms with E-state index in [1.165, 1.54) is 11.8 Å². The average Bonchev–Trinajstić information content (AvgIpc) is 3.09. The lowest BCUT2D eigenvalue weighted by molar-refractivity contribution is -0.141. The number of ether oxygens (including phenoxy) is 1. The highest BCUT2D eigenvalue weighted by Crippen LogP contribution is 2.25. The molecule has 25 heavy (non-hydrogen) atoms. The Morgan fingerprint density at radius 2 is 2.16 bits per heavy atom. The predicted octanol–water partition coefficient (Wildman–Crippen LogP) is 1.07. The first kappa shape index (κ1) is 19.6. The summed E-state index contributed by atoms with van der Waals surface area (Å²) in [6, 6.07) is -0.360. The van der Waals surface area contributed by atoms with E-state index in [2.05, 4.69) is 9.69 Å². The van der Waals surface area contributed by atoms with Crippen molar-refractivity contribution in [3.8, 4) is 0 Å². The summed E-state index contributed by atoms with van der Waals surface area (Å²) in [5.74, 6) is -0.956. The molecule has 1 aromatic heterocycles. The summed E-state index contributed by atoms with van der Waals surface area (Å²) in [6.45, 7) is 5.34. The number of carbonyl (C=O) groups excluding carboxylic acids is 2. The molecule has 0 radical (unpaired) electrons. The first-order valence-electron chi connectivity index (χ1n) is 8.06. The Kier molecular flexibility index (Phi) is 6.04. The van der Waals surface area contributed by atoms with Crippen LogP contribution >= 0.6 is 11.5 Å². The maximum atomic E-state index is 12.6. The van der Waals surface area contributed by atoms with Crippen molar-refractivity contribution in [1.29, 1.82) is 0 Å². The fourth-order valence-corrected chi connectivity index (χ4v) is 5.36. The molecule has 1 aromatic rings. The maximum Gasteiger partial charge on any atom is 0.343 e. The van der Waals surface area contributed by atoms with E-state index in [9.17, 15) is 18.0 Å². The van der Waals surface area contributed by atoms with Gasteiger partial charge in [-0.25, -0.2) is 13.2 Å². The minimum Gasteiger partial charge on any atom is -0.449 e. The Balaban J connectivity index is 2.08. The summed E-state index contributed by atoms with van der Waals surface area (Å²) < 4.78 is 32.7. The topological polar surface area (TPSA) is 106 Å². The zero-order valence-corrected chi connectivity index (χ0v) is 16.4. The molecule has 2 rings (SSSR count). The van der Waals surface area contributed by atoms with E-state index in [1.807, 2.05) is 0 Å². The van der Waals surface area contributed by atoms with Gasteiger partial charge in [0.15, 0.2) is 15.9 Å². The lowest BCUT2D eigenvalue weighted by Crippen LogP contribution is -2.46. The first-order chi connectivity index (χ1) is 11.7. The van der Waals surface area contributed by atoms with Crippen molar-refractivity contribution in [3.63, 3.8) is 0 Å². The number of aryl methyl sites for hydroxylation is 1. The lowest BCUT2D eigenvalue weighted by Gasteiger charge is -2.29. The number of nitrogens with one attached hydrogen (secondary N) is 1. The van der Waals surface area contributed by atoms with Crippen LogP contribution in [0.4, 0.5) is 5.00 Å². The van der Waals surface area contributed by atoms with Gasteiger partial charge in [0.05, 0.1) is 17.2 Å². The SMILES string of the molecule is CCN(C(=O)[C@@H](C)OC(=O)c1c(C)nsc1NC)[C@H]1CCS(=O)(=O)C1. The highest BCUT2D eigenvalue weighted by Gasteiger charge is 2.36. The number of hydrogen-bond donors (Lipinski definition) is 1. The number of esters is 1. The molecule has 1 saturated heterocycles. The molecule has 0 saturated carbocycles. The Bertz CT molecular complexity index is 759. The molecule has 2 atom stereocenters. The van der Waals surface area contributed by atoms with Gasteiger partial charge in [-0.1, -0.05) is 0 Å². The molecular formula is C15H23N3O5S2. The second-order valence-corrected chi connectivity index (χ2v) is 8.95. The third-order valence-corrected chi connectivity index (χ3v) is 6.90. The molecule has 0 aromatic carbocycles. The van der Waals surface area contributed by atoms with Crippen molar-refractivity contribution in [3.05, 3.63) is 11.3 Å². The molecule has 10 heteroatoms. The molecule has 1 amide bonds. The zero-order valence-electron chi connectivity index (χ0n) is 14.7. The van der Waals surface area contributed by atoms with Crippen LogP contribution in [0.1, 0.15) is 36.3 Å². The van der Waals surface area contributed by atoms with Crippen LogP contribution in [0.2, 0.25) is 0 Å². The summed E-state index contributed by atoms with van der Waals surface area (Å²) >= 11 is 1.15. The van der Waals surface area contributed by atoms with Crippen molar-refractivity contribution in [2.45, 2.75) is 39.3 Å². The maximum absolute atomic E-state index is 12.6. The van der Waals surface area contributed by atoms with Crippen molar-refractivity contribution in [1.82, 2.24) is 9.27 Å². The first-order valence-corrected chi connectivity index (χ1v) is 10.7. The van der Waals surface area contributed by atoms with Gasteiger partial charge >= 0.3 is 5.97 Å². The average molecular weight is 389 g/mol. The molecule has 0 unspecified atom stereocenters. The van der Waals surface area contributed by atoms with Crippen LogP contribution in [0.5, 0.6) is 0 Å². The van der Waals surface area contributed by atoms with E-state index in [0.717, 1.165) is 11.5 Å². The van der Waals surface area contributed by atoms with Crippen molar-refractivity contribution < 1.29 is 22.7 Å². The fraction of sp³-hybridized carbons (Fsp3) is 0.667. The Hall–Kier alpha value is -1.68. The minimum absolute atomic E-state index is 0.0370. The molecule has 0 bridgehead atoms. The van der Waals surface area contributed by atoms with Gasteiger partial charge < -0.3 is 15.0 Å². The van der Waals surface area contributed by atoms with Gasteiger partial charge in [-0.05, 0) is 38.7 Å². The van der Waals surface area contributed by atoms with Gasteiger partial charge in [-0.2, -0.15) is 4.37 Å². The van der Waals surface area contributed by atoms with Crippen LogP contribution in [-0.2, 0) is 19.4 Å². The van der Waals surface area contributed by atoms with E-state index >= 15 is 0 Å². The van der Waals surface area contributed by atoms with Gasteiger partial charge in [0.1, 0.15) is 10.6 Å². The summed E-state index contributed by atoms with van der Waals surface area (Å²) in [5.41, 5.74) is 0.854. The molecule has 1 aliphatic heterocycles. The van der Waals surface area contributed by atoms with E-state index < -0.39 is 21.9 Å². The standard InChI is InChI=1S/C15H23N3O5S2/c1-5-18(11-6-7-25(21,22)8-11)14(19)10(3)23-15(20)12-9(2)17-24-13(12)16-4/h10-11,16H,5-8H2,1-4H3/t10-,11+/m1/s1. The van der Waals surface area contributed by atoms with Crippen LogP contribution in [-0.4, -0.2) is 66.8 Å². The lowest BCUT2D eigenvalue weighted by atomic mass is 10.2. The number of hydrogen-bond acceptors (Lipinski definition) is 8. The largest absolute Gasteiger partial charge is 0.449 e. The van der Waals surface area contributed by atoms with Crippen molar-refractivity contribution >= 4 is 38.2 Å². The molecule has 1 fully saturated rings. The Morgan fingerprint density at radius 3 is 2.68 bits per heavy atom. The minimum atomic E-state index is -3.10. The molecule has 2 heterocycles. The second-order valence-electron chi connectivity index (χ2n) is 5.95. The fourth-order valence-electron chi connectivity index (χ4n) is 2.90. The van der Waals surface area contributed by atoms with Gasteiger partial charge in [0, 0.05) is 19.6 Å². The van der Waals surface area contributed by atoms with Gasteiger partial charge in [-0.15, -0.1) is 0 Å². The van der Waals surface area contributed by atoms with E-state index in [-0.39, 0.29) is 23.5 Å². The number of carbonyl (C=O) groups is 2. The molecule has 0 aliphatic carbocycles. The summed E-state index contributed by atoms with van der Waals surface area (Å²) in [7, 11) is -1.42. The number of anilines is 1. The highest BCUT2D eigenvalue weighted by atomic mass is 32.2. The number of amides is 1. The number of sulfone groups is 1. The third-order valence-electron chi connectivity index (χ3n) is 4.20. The molecule has 1 N–H and O–H groups in total. The van der Waals surface area contributed by atoms with E-state index in [1.54, 1.807) is 20.9 Å². The number of aromatic nitrogens is 1.